The first kappa shape index (κ1) is 89.5. The van der Waals surface area contributed by atoms with Crippen molar-refractivity contribution in [2.45, 2.75) is 57.8 Å². The fourth-order valence-corrected chi connectivity index (χ4v) is 16.2. The van der Waals surface area contributed by atoms with Crippen LogP contribution in [0.25, 0.3) is 53.9 Å². The molecular formula is C113H94O19. The second kappa shape index (κ2) is 40.1. The van der Waals surface area contributed by atoms with Gasteiger partial charge in [-0.2, -0.15) is 0 Å². The highest BCUT2D eigenvalue weighted by Crippen LogP contribution is 2.44. The van der Waals surface area contributed by atoms with Gasteiger partial charge in [0.2, 0.25) is 0 Å². The molecule has 19 aromatic rings. The summed E-state index contributed by atoms with van der Waals surface area (Å²) in [6, 6.07) is 98.9. The van der Waals surface area contributed by atoms with Crippen LogP contribution in [0.15, 0.2) is 346 Å². The summed E-state index contributed by atoms with van der Waals surface area (Å²) in [5.74, 6) is 3.51. The van der Waals surface area contributed by atoms with Crippen molar-refractivity contribution in [1.82, 2.24) is 0 Å². The third-order valence-corrected chi connectivity index (χ3v) is 23.2. The van der Waals surface area contributed by atoms with E-state index in [-0.39, 0.29) is 109 Å². The lowest BCUT2D eigenvalue weighted by Crippen LogP contribution is -1.98. The topological polar surface area (TPSA) is 384 Å². The summed E-state index contributed by atoms with van der Waals surface area (Å²) in [5.41, 5.74) is 15.6. The summed E-state index contributed by atoms with van der Waals surface area (Å²) in [7, 11) is 0. The van der Waals surface area contributed by atoms with Crippen LogP contribution in [0.3, 0.4) is 0 Å². The highest BCUT2D eigenvalue weighted by Gasteiger charge is 2.22. The molecule has 0 aliphatic carbocycles. The van der Waals surface area contributed by atoms with Gasteiger partial charge in [-0.25, -0.2) is 0 Å². The molecule has 0 unspecified atom stereocenters. The molecule has 0 saturated carbocycles. The Hall–Kier alpha value is -17.3. The van der Waals surface area contributed by atoms with Gasteiger partial charge in [0.15, 0.2) is 0 Å². The second-order valence-electron chi connectivity index (χ2n) is 32.6. The third-order valence-electron chi connectivity index (χ3n) is 23.2. The van der Waals surface area contributed by atoms with Crippen molar-refractivity contribution in [1.29, 1.82) is 0 Å². The Balaban J connectivity index is 0.000000128. The molecule has 19 rings (SSSR count). The van der Waals surface area contributed by atoms with E-state index in [1.165, 1.54) is 0 Å². The number of phenols is 19. The van der Waals surface area contributed by atoms with Crippen molar-refractivity contribution in [3.63, 3.8) is 0 Å². The summed E-state index contributed by atoms with van der Waals surface area (Å²) < 4.78 is 0. The molecule has 0 fully saturated rings. The Kier molecular flexibility index (Phi) is 27.2. The first-order valence-electron chi connectivity index (χ1n) is 42.4. The molecule has 0 saturated heterocycles. The Bertz CT molecular complexity index is 7120. The van der Waals surface area contributed by atoms with E-state index in [2.05, 4.69) is 0 Å². The minimum absolute atomic E-state index is 0.0255. The monoisotopic (exact) mass is 1750 g/mol. The maximum absolute atomic E-state index is 11.3. The fraction of sp³-hybridized carbons (Fsp3) is 0.0796. The number of phenolic OH excluding ortho intramolecular Hbond substituents is 19. The third kappa shape index (κ3) is 22.2. The molecular weight excluding hydrogens is 1660 g/mol. The Morgan fingerprint density at radius 1 is 0.129 bits per heavy atom. The molecule has 0 bridgehead atoms. The van der Waals surface area contributed by atoms with E-state index >= 15 is 0 Å². The van der Waals surface area contributed by atoms with Crippen LogP contribution in [0.4, 0.5) is 0 Å². The van der Waals surface area contributed by atoms with Crippen molar-refractivity contribution < 1.29 is 97.0 Å². The number of hydrogen-bond donors (Lipinski definition) is 19. The number of fused-ring (bicyclic) bond motifs is 5. The van der Waals surface area contributed by atoms with E-state index in [9.17, 15) is 97.0 Å². The van der Waals surface area contributed by atoms with Crippen LogP contribution in [0.1, 0.15) is 100 Å². The Morgan fingerprint density at radius 2 is 0.371 bits per heavy atom. The summed E-state index contributed by atoms with van der Waals surface area (Å²) in [6.45, 7) is 0. The maximum Gasteiger partial charge on any atom is 0.130 e. The maximum atomic E-state index is 11.3. The number of rotatable bonds is 18. The molecule has 0 radical (unpaired) electrons. The second-order valence-corrected chi connectivity index (χ2v) is 32.6. The predicted molar refractivity (Wildman–Crippen MR) is 515 cm³/mol. The zero-order chi connectivity index (χ0) is 92.8. The van der Waals surface area contributed by atoms with Crippen LogP contribution in [-0.4, -0.2) is 97.0 Å². The summed E-state index contributed by atoms with van der Waals surface area (Å²) in [6.07, 6.45) is 4.58. The average Bonchev–Trinajstić information content (AvgIpc) is 0.754. The number of benzene rings is 19. The van der Waals surface area contributed by atoms with Crippen molar-refractivity contribution >= 4 is 53.9 Å². The van der Waals surface area contributed by atoms with Crippen LogP contribution < -0.4 is 0 Å². The van der Waals surface area contributed by atoms with E-state index in [0.29, 0.717) is 74.3 Å². The van der Waals surface area contributed by atoms with Crippen molar-refractivity contribution in [2.75, 3.05) is 0 Å². The van der Waals surface area contributed by atoms with Crippen molar-refractivity contribution in [3.8, 4) is 109 Å². The lowest BCUT2D eigenvalue weighted by Gasteiger charge is -2.17. The molecule has 0 aliphatic heterocycles. The zero-order valence-electron chi connectivity index (χ0n) is 71.3. The average molecular weight is 1760 g/mol. The molecule has 19 aromatic carbocycles. The predicted octanol–water partition coefficient (Wildman–Crippen LogP) is 22.9. The quantitative estimate of drug-likeness (QED) is 0.0379. The minimum atomic E-state index is 0.0255. The van der Waals surface area contributed by atoms with Crippen LogP contribution >= 0.6 is 0 Å². The molecule has 660 valence electrons. The largest absolute Gasteiger partial charge is 0.508 e. The molecule has 0 amide bonds. The molecule has 19 nitrogen and oxygen atoms in total. The summed E-state index contributed by atoms with van der Waals surface area (Å²) in [5, 5.41) is 197. The van der Waals surface area contributed by atoms with E-state index < -0.39 is 0 Å². The van der Waals surface area contributed by atoms with Gasteiger partial charge in [-0.1, -0.05) is 164 Å². The number of hydrogen-bond acceptors (Lipinski definition) is 19. The highest BCUT2D eigenvalue weighted by molar-refractivity contribution is 5.99. The zero-order valence-corrected chi connectivity index (χ0v) is 71.3. The van der Waals surface area contributed by atoms with E-state index in [1.807, 2.05) is 127 Å². The smallest absolute Gasteiger partial charge is 0.130 e. The molecule has 19 heteroatoms. The lowest BCUT2D eigenvalue weighted by molar-refractivity contribution is 0.457. The molecule has 0 atom stereocenters. The molecule has 19 N–H and O–H groups in total. The molecule has 0 aliphatic rings. The van der Waals surface area contributed by atoms with Crippen LogP contribution in [0.5, 0.6) is 109 Å². The molecule has 0 aromatic heterocycles. The van der Waals surface area contributed by atoms with Crippen LogP contribution in [-0.2, 0) is 57.8 Å². The SMILES string of the molecule is Oc1ccc(Cc2c(O)ccc3c(Cc4ccc(O)cc4)c(O)ccc23)cc1.Oc1ccc(Cc2c(O)ccc3cc(O)ccc23)cc1.Oc1ccc(Cc2cc3c(Cc4ccc(O)cc4)c(O)ccc3cc2O)cc1.Oc1ccc(Cc2cc3cc(O)ccc3cc2O)cc1.Oc1ccc(Cc2ccc3c(Cc4ccc(O)cc4)cc(Cc4ccc(O)cc4)c(O)c3c2O)cc1. The van der Waals surface area contributed by atoms with Gasteiger partial charge in [0.25, 0.3) is 0 Å². The first-order chi connectivity index (χ1) is 63.6. The van der Waals surface area contributed by atoms with Crippen LogP contribution in [0, 0.1) is 0 Å². The van der Waals surface area contributed by atoms with Gasteiger partial charge >= 0.3 is 0 Å². The molecule has 0 heterocycles. The first-order valence-corrected chi connectivity index (χ1v) is 42.4. The normalized spacial score (nSPS) is 11.0. The van der Waals surface area contributed by atoms with Crippen LogP contribution in [0.2, 0.25) is 0 Å². The number of aromatic hydroxyl groups is 19. The standard InChI is InChI=1S/C31H26O5.2C24H20O4.2C17H14O3/c32-25-8-1-19(2-9-25)15-22-7-14-28-23(16-20-3-10-26(33)11-4-20)18-24(31(36)29(28)30(22)35)17-21-5-12-27(34)13-6-21;25-19-6-1-15(2-7-19)11-18-13-21-17(14-24(18)28)5-10-23(27)22(21)12-16-3-8-20(26)9-4-16;25-17-5-1-15(2-6-17)13-21-19-9-12-24(28)22(20(19)10-11-23(21)27)14-16-3-7-18(26)8-4-16;18-13-4-1-11(2-5-13)9-16-15-7-6-14(19)10-12(15)3-8-17(16)20;18-15-4-1-11(2-5-15)7-14-8-13-9-16(19)6-3-12(13)10-17(14)20/h1-14,18,32-36H,15-17H2;1-10,13-14,25-28H,11-12H2;1-12,25-28H,13-14H2;1-8,10,18-20H,9H2;1-6,8-10,18-20H,7H2. The summed E-state index contributed by atoms with van der Waals surface area (Å²) >= 11 is 0. The lowest BCUT2D eigenvalue weighted by atomic mass is 9.90. The van der Waals surface area contributed by atoms with Gasteiger partial charge in [0, 0.05) is 73.6 Å². The van der Waals surface area contributed by atoms with Gasteiger partial charge < -0.3 is 97.0 Å². The van der Waals surface area contributed by atoms with Gasteiger partial charge in [-0.05, 0) is 315 Å². The van der Waals surface area contributed by atoms with Crippen molar-refractivity contribution in [2.24, 2.45) is 0 Å². The highest BCUT2D eigenvalue weighted by atomic mass is 16.3. The van der Waals surface area contributed by atoms with E-state index in [0.717, 1.165) is 137 Å². The van der Waals surface area contributed by atoms with Gasteiger partial charge in [0.1, 0.15) is 109 Å². The molecule has 0 spiro atoms. The Labute approximate surface area is 759 Å². The molecule has 132 heavy (non-hydrogen) atoms. The van der Waals surface area contributed by atoms with Gasteiger partial charge in [-0.15, -0.1) is 0 Å². The minimum Gasteiger partial charge on any atom is -0.508 e. The van der Waals surface area contributed by atoms with Gasteiger partial charge in [-0.3, -0.25) is 0 Å². The van der Waals surface area contributed by atoms with E-state index in [1.54, 1.807) is 218 Å². The Morgan fingerprint density at radius 3 is 0.742 bits per heavy atom. The van der Waals surface area contributed by atoms with E-state index in [4.69, 9.17) is 0 Å². The fourth-order valence-electron chi connectivity index (χ4n) is 16.2. The summed E-state index contributed by atoms with van der Waals surface area (Å²) in [4.78, 5) is 0. The van der Waals surface area contributed by atoms with Gasteiger partial charge in [0.05, 0.1) is 5.39 Å². The van der Waals surface area contributed by atoms with Crippen molar-refractivity contribution in [3.05, 3.63) is 446 Å².